The summed E-state index contributed by atoms with van der Waals surface area (Å²) in [5.74, 6) is 3.62. The Hall–Kier alpha value is 0.310. The number of thioether (sulfide) groups is 1. The largest absolute Gasteiger partial charge is 0.389 e. The number of aliphatic hydroxyl groups is 1. The molecule has 2 rings (SSSR count). The lowest BCUT2D eigenvalue weighted by Crippen LogP contribution is -2.49. The molecule has 1 nitrogen and oxygen atoms in total. The number of hydrogen-bond acceptors (Lipinski definition) is 2. The lowest BCUT2D eigenvalue weighted by atomic mass is 9.69. The molecular formula is C14H26OS. The van der Waals surface area contributed by atoms with Crippen LogP contribution in [0.4, 0.5) is 0 Å². The highest BCUT2D eigenvalue weighted by molar-refractivity contribution is 7.99. The molecule has 1 N–H and O–H groups in total. The Morgan fingerprint density at radius 2 is 1.69 bits per heavy atom. The van der Waals surface area contributed by atoms with E-state index in [0.717, 1.165) is 18.1 Å². The van der Waals surface area contributed by atoms with Gasteiger partial charge in [0.15, 0.2) is 0 Å². The first kappa shape index (κ1) is 12.8. The standard InChI is InChI=1S/C14H26OS/c1-11-4-6-12(7-5-11)14(15)8-13(2,3)9-16-10-14/h11-12,15H,4-10H2,1-3H3. The second-order valence-electron chi connectivity index (χ2n) is 6.89. The minimum Gasteiger partial charge on any atom is -0.389 e. The van der Waals surface area contributed by atoms with Crippen LogP contribution in [0.1, 0.15) is 52.9 Å². The average Bonchev–Trinajstić information content (AvgIpc) is 2.16. The maximum absolute atomic E-state index is 10.9. The van der Waals surface area contributed by atoms with E-state index < -0.39 is 0 Å². The number of rotatable bonds is 1. The Morgan fingerprint density at radius 1 is 1.06 bits per heavy atom. The van der Waals surface area contributed by atoms with Crippen molar-refractivity contribution >= 4 is 11.8 Å². The molecule has 1 atom stereocenters. The molecule has 0 spiro atoms. The first-order chi connectivity index (χ1) is 7.41. The lowest BCUT2D eigenvalue weighted by molar-refractivity contribution is -0.0491. The normalized spacial score (nSPS) is 44.2. The van der Waals surface area contributed by atoms with Crippen molar-refractivity contribution in [2.45, 2.75) is 58.5 Å². The van der Waals surface area contributed by atoms with E-state index in [4.69, 9.17) is 0 Å². The fourth-order valence-corrected chi connectivity index (χ4v) is 4.94. The summed E-state index contributed by atoms with van der Waals surface area (Å²) in [6.45, 7) is 6.95. The van der Waals surface area contributed by atoms with Gasteiger partial charge in [-0.1, -0.05) is 33.6 Å². The summed E-state index contributed by atoms with van der Waals surface area (Å²) >= 11 is 1.95. The molecule has 16 heavy (non-hydrogen) atoms. The molecular weight excluding hydrogens is 216 g/mol. The summed E-state index contributed by atoms with van der Waals surface area (Å²) in [6, 6.07) is 0. The molecule has 0 aromatic heterocycles. The topological polar surface area (TPSA) is 20.2 Å². The molecule has 0 aromatic rings. The molecule has 2 heteroatoms. The maximum Gasteiger partial charge on any atom is 0.0771 e. The quantitative estimate of drug-likeness (QED) is 0.756. The maximum atomic E-state index is 10.9. The first-order valence-electron chi connectivity index (χ1n) is 6.71. The summed E-state index contributed by atoms with van der Waals surface area (Å²) in [7, 11) is 0. The van der Waals surface area contributed by atoms with Crippen molar-refractivity contribution in [3.63, 3.8) is 0 Å². The van der Waals surface area contributed by atoms with Gasteiger partial charge in [-0.05, 0) is 42.3 Å². The predicted octanol–water partition coefficient (Wildman–Crippen LogP) is 3.71. The zero-order chi connectivity index (χ0) is 11.8. The van der Waals surface area contributed by atoms with Crippen molar-refractivity contribution in [3.8, 4) is 0 Å². The summed E-state index contributed by atoms with van der Waals surface area (Å²) in [6.07, 6.45) is 6.13. The van der Waals surface area contributed by atoms with Crippen LogP contribution in [0.25, 0.3) is 0 Å². The summed E-state index contributed by atoms with van der Waals surface area (Å²) in [5.41, 5.74) is -0.0483. The Morgan fingerprint density at radius 3 is 2.25 bits per heavy atom. The van der Waals surface area contributed by atoms with Crippen LogP contribution in [0, 0.1) is 17.3 Å². The van der Waals surface area contributed by atoms with Crippen LogP contribution in [0.5, 0.6) is 0 Å². The minimum atomic E-state index is -0.368. The van der Waals surface area contributed by atoms with Crippen LogP contribution < -0.4 is 0 Å². The molecule has 0 bridgehead atoms. The van der Waals surface area contributed by atoms with Gasteiger partial charge in [0.1, 0.15) is 0 Å². The van der Waals surface area contributed by atoms with Gasteiger partial charge in [0.2, 0.25) is 0 Å². The van der Waals surface area contributed by atoms with E-state index in [-0.39, 0.29) is 5.60 Å². The summed E-state index contributed by atoms with van der Waals surface area (Å²) < 4.78 is 0. The molecule has 1 heterocycles. The van der Waals surface area contributed by atoms with Crippen LogP contribution in [-0.2, 0) is 0 Å². The fraction of sp³-hybridized carbons (Fsp3) is 1.00. The number of hydrogen-bond donors (Lipinski definition) is 1. The zero-order valence-electron chi connectivity index (χ0n) is 11.0. The van der Waals surface area contributed by atoms with Crippen molar-refractivity contribution in [2.24, 2.45) is 17.3 Å². The molecule has 94 valence electrons. The molecule has 0 amide bonds. The van der Waals surface area contributed by atoms with Crippen molar-refractivity contribution < 1.29 is 5.11 Å². The van der Waals surface area contributed by atoms with Gasteiger partial charge in [0.25, 0.3) is 0 Å². The molecule has 1 aliphatic heterocycles. The smallest absolute Gasteiger partial charge is 0.0771 e. The highest BCUT2D eigenvalue weighted by Gasteiger charge is 2.44. The van der Waals surface area contributed by atoms with Crippen molar-refractivity contribution in [3.05, 3.63) is 0 Å². The Balaban J connectivity index is 2.01. The first-order valence-corrected chi connectivity index (χ1v) is 7.87. The average molecular weight is 242 g/mol. The Labute approximate surface area is 104 Å². The van der Waals surface area contributed by atoms with Crippen molar-refractivity contribution in [1.29, 1.82) is 0 Å². The molecule has 2 fully saturated rings. The monoisotopic (exact) mass is 242 g/mol. The molecule has 2 aliphatic rings. The van der Waals surface area contributed by atoms with Gasteiger partial charge in [-0.2, -0.15) is 11.8 Å². The van der Waals surface area contributed by atoms with Crippen LogP contribution in [0.15, 0.2) is 0 Å². The van der Waals surface area contributed by atoms with E-state index in [1.54, 1.807) is 0 Å². The van der Waals surface area contributed by atoms with Crippen LogP contribution >= 0.6 is 11.8 Å². The second kappa shape index (κ2) is 4.53. The van der Waals surface area contributed by atoms with Crippen LogP contribution in [-0.4, -0.2) is 22.2 Å². The second-order valence-corrected chi connectivity index (χ2v) is 7.88. The van der Waals surface area contributed by atoms with Gasteiger partial charge in [0.05, 0.1) is 5.60 Å². The molecule has 1 unspecified atom stereocenters. The Bertz CT molecular complexity index is 243. The third kappa shape index (κ3) is 2.76. The van der Waals surface area contributed by atoms with Gasteiger partial charge < -0.3 is 5.11 Å². The fourth-order valence-electron chi connectivity index (χ4n) is 3.49. The molecule has 1 saturated carbocycles. The molecule has 0 radical (unpaired) electrons. The van der Waals surface area contributed by atoms with Gasteiger partial charge >= 0.3 is 0 Å². The van der Waals surface area contributed by atoms with E-state index in [1.165, 1.54) is 31.4 Å². The third-order valence-corrected chi connectivity index (χ3v) is 6.09. The van der Waals surface area contributed by atoms with E-state index in [2.05, 4.69) is 20.8 Å². The van der Waals surface area contributed by atoms with E-state index >= 15 is 0 Å². The van der Waals surface area contributed by atoms with E-state index in [0.29, 0.717) is 11.3 Å². The van der Waals surface area contributed by atoms with Crippen molar-refractivity contribution in [1.82, 2.24) is 0 Å². The van der Waals surface area contributed by atoms with Gasteiger partial charge in [0, 0.05) is 5.75 Å². The summed E-state index contributed by atoms with van der Waals surface area (Å²) in [4.78, 5) is 0. The molecule has 1 aliphatic carbocycles. The zero-order valence-corrected chi connectivity index (χ0v) is 11.8. The Kier molecular flexibility index (Phi) is 3.61. The van der Waals surface area contributed by atoms with Crippen LogP contribution in [0.2, 0.25) is 0 Å². The molecule has 0 aromatic carbocycles. The van der Waals surface area contributed by atoms with E-state index in [1.807, 2.05) is 11.8 Å². The van der Waals surface area contributed by atoms with Crippen molar-refractivity contribution in [2.75, 3.05) is 11.5 Å². The summed E-state index contributed by atoms with van der Waals surface area (Å²) in [5, 5.41) is 10.9. The van der Waals surface area contributed by atoms with E-state index in [9.17, 15) is 5.11 Å². The van der Waals surface area contributed by atoms with Gasteiger partial charge in [-0.15, -0.1) is 0 Å². The minimum absolute atomic E-state index is 0.320. The van der Waals surface area contributed by atoms with Gasteiger partial charge in [-0.25, -0.2) is 0 Å². The third-order valence-electron chi connectivity index (χ3n) is 4.41. The van der Waals surface area contributed by atoms with Crippen LogP contribution in [0.3, 0.4) is 0 Å². The SMILES string of the molecule is CC1CCC(C2(O)CSCC(C)(C)C2)CC1. The lowest BCUT2D eigenvalue weighted by Gasteiger charge is -2.47. The molecule has 1 saturated heterocycles. The highest BCUT2D eigenvalue weighted by atomic mass is 32.2. The highest BCUT2D eigenvalue weighted by Crippen LogP contribution is 2.47. The predicted molar refractivity (Wildman–Crippen MR) is 71.8 cm³/mol. The van der Waals surface area contributed by atoms with Gasteiger partial charge in [-0.3, -0.25) is 0 Å².